The van der Waals surface area contributed by atoms with Gasteiger partial charge in [-0.2, -0.15) is 0 Å². The number of hydrogen-bond donors (Lipinski definition) is 1. The third-order valence-electron chi connectivity index (χ3n) is 3.75. The summed E-state index contributed by atoms with van der Waals surface area (Å²) in [6, 6.07) is 6.42. The fraction of sp³-hybridized carbons (Fsp3) is 0.471. The van der Waals surface area contributed by atoms with Crippen LogP contribution in [0.25, 0.3) is 6.08 Å². The standard InChI is InChI=1S/C17H23FN2O/c18-16-8-4-3-7-15(16)9-10-17(21)19-11-14-20-12-5-1-2-6-13-20/h3-4,7-10H,1-2,5-6,11-14H2,(H,19,21)/b10-9+. The highest BCUT2D eigenvalue weighted by molar-refractivity contribution is 5.91. The lowest BCUT2D eigenvalue weighted by molar-refractivity contribution is -0.116. The summed E-state index contributed by atoms with van der Waals surface area (Å²) in [5.74, 6) is -0.487. The summed E-state index contributed by atoms with van der Waals surface area (Å²) in [7, 11) is 0. The first-order valence-corrected chi connectivity index (χ1v) is 7.68. The van der Waals surface area contributed by atoms with Crippen LogP contribution in [0.3, 0.4) is 0 Å². The smallest absolute Gasteiger partial charge is 0.244 e. The number of likely N-dealkylation sites (tertiary alicyclic amines) is 1. The van der Waals surface area contributed by atoms with E-state index in [0.29, 0.717) is 12.1 Å². The van der Waals surface area contributed by atoms with Gasteiger partial charge in [-0.1, -0.05) is 31.0 Å². The average Bonchev–Trinajstić information content (AvgIpc) is 2.75. The van der Waals surface area contributed by atoms with Crippen molar-refractivity contribution in [3.63, 3.8) is 0 Å². The molecule has 0 aromatic heterocycles. The molecule has 3 nitrogen and oxygen atoms in total. The molecule has 0 aliphatic carbocycles. The number of nitrogens with one attached hydrogen (secondary N) is 1. The first kappa shape index (κ1) is 15.7. The van der Waals surface area contributed by atoms with Crippen molar-refractivity contribution in [3.8, 4) is 0 Å². The molecule has 0 bridgehead atoms. The summed E-state index contributed by atoms with van der Waals surface area (Å²) in [6.07, 6.45) is 8.03. The van der Waals surface area contributed by atoms with Crippen LogP contribution in [0, 0.1) is 5.82 Å². The zero-order valence-electron chi connectivity index (χ0n) is 12.4. The Hall–Kier alpha value is -1.68. The Labute approximate surface area is 125 Å². The Morgan fingerprint density at radius 2 is 1.90 bits per heavy atom. The molecule has 114 valence electrons. The minimum atomic E-state index is -0.314. The van der Waals surface area contributed by atoms with E-state index in [2.05, 4.69) is 10.2 Å². The van der Waals surface area contributed by atoms with Crippen LogP contribution in [0.5, 0.6) is 0 Å². The highest BCUT2D eigenvalue weighted by atomic mass is 19.1. The Morgan fingerprint density at radius 3 is 2.62 bits per heavy atom. The van der Waals surface area contributed by atoms with Crippen LogP contribution in [0.1, 0.15) is 31.2 Å². The normalized spacial score (nSPS) is 16.8. The summed E-state index contributed by atoms with van der Waals surface area (Å²) < 4.78 is 13.4. The molecular weight excluding hydrogens is 267 g/mol. The quantitative estimate of drug-likeness (QED) is 0.846. The van der Waals surface area contributed by atoms with Crippen molar-refractivity contribution in [2.45, 2.75) is 25.7 Å². The number of carbonyl (C=O) groups excluding carboxylic acids is 1. The Bertz CT molecular complexity index is 479. The lowest BCUT2D eigenvalue weighted by atomic mass is 10.2. The van der Waals surface area contributed by atoms with Crippen LogP contribution < -0.4 is 5.32 Å². The maximum atomic E-state index is 13.4. The Balaban J connectivity index is 1.71. The van der Waals surface area contributed by atoms with Crippen LogP contribution in [0.4, 0.5) is 4.39 Å². The van der Waals surface area contributed by atoms with Gasteiger partial charge in [0.15, 0.2) is 0 Å². The SMILES string of the molecule is O=C(/C=C/c1ccccc1F)NCCN1CCCCCC1. The van der Waals surface area contributed by atoms with Gasteiger partial charge in [-0.3, -0.25) is 4.79 Å². The minimum absolute atomic E-state index is 0.173. The highest BCUT2D eigenvalue weighted by Gasteiger charge is 2.08. The van der Waals surface area contributed by atoms with Gasteiger partial charge in [0.2, 0.25) is 5.91 Å². The van der Waals surface area contributed by atoms with E-state index < -0.39 is 0 Å². The van der Waals surface area contributed by atoms with Crippen LogP contribution in [0.2, 0.25) is 0 Å². The van der Waals surface area contributed by atoms with E-state index in [0.717, 1.165) is 19.6 Å². The van der Waals surface area contributed by atoms with E-state index in [1.54, 1.807) is 18.2 Å². The van der Waals surface area contributed by atoms with Crippen molar-refractivity contribution in [3.05, 3.63) is 41.7 Å². The van der Waals surface area contributed by atoms with Gasteiger partial charge in [-0.05, 0) is 38.1 Å². The monoisotopic (exact) mass is 290 g/mol. The summed E-state index contributed by atoms with van der Waals surface area (Å²) >= 11 is 0. The van der Waals surface area contributed by atoms with Gasteiger partial charge >= 0.3 is 0 Å². The van der Waals surface area contributed by atoms with Gasteiger partial charge in [0, 0.05) is 24.7 Å². The molecule has 0 unspecified atom stereocenters. The summed E-state index contributed by atoms with van der Waals surface area (Å²) in [5, 5.41) is 2.85. The number of halogens is 1. The first-order valence-electron chi connectivity index (χ1n) is 7.68. The van der Waals surface area contributed by atoms with Crippen LogP contribution >= 0.6 is 0 Å². The number of rotatable bonds is 5. The van der Waals surface area contributed by atoms with Gasteiger partial charge in [-0.15, -0.1) is 0 Å². The zero-order valence-corrected chi connectivity index (χ0v) is 12.4. The molecule has 1 fully saturated rings. The maximum absolute atomic E-state index is 13.4. The number of amides is 1. The zero-order chi connectivity index (χ0) is 14.9. The predicted octanol–water partition coefficient (Wildman–Crippen LogP) is 2.83. The molecule has 1 aliphatic heterocycles. The third-order valence-corrected chi connectivity index (χ3v) is 3.75. The summed E-state index contributed by atoms with van der Waals surface area (Å²) in [5.41, 5.74) is 0.431. The molecule has 1 saturated heterocycles. The Morgan fingerprint density at radius 1 is 1.19 bits per heavy atom. The molecule has 0 saturated carbocycles. The largest absolute Gasteiger partial charge is 0.351 e. The summed E-state index contributed by atoms with van der Waals surface area (Å²) in [6.45, 7) is 3.78. The molecule has 1 aromatic carbocycles. The van der Waals surface area contributed by atoms with Crippen molar-refractivity contribution in [1.29, 1.82) is 0 Å². The molecule has 1 aromatic rings. The number of nitrogens with zero attached hydrogens (tertiary/aromatic N) is 1. The van der Waals surface area contributed by atoms with E-state index >= 15 is 0 Å². The van der Waals surface area contributed by atoms with Gasteiger partial charge in [0.1, 0.15) is 5.82 Å². The van der Waals surface area contributed by atoms with Gasteiger partial charge in [0.05, 0.1) is 0 Å². The van der Waals surface area contributed by atoms with E-state index in [1.165, 1.54) is 43.9 Å². The van der Waals surface area contributed by atoms with Crippen molar-refractivity contribution in [2.75, 3.05) is 26.2 Å². The van der Waals surface area contributed by atoms with Crippen LogP contribution in [-0.2, 0) is 4.79 Å². The number of hydrogen-bond acceptors (Lipinski definition) is 2. The van der Waals surface area contributed by atoms with Gasteiger partial charge in [0.25, 0.3) is 0 Å². The molecule has 1 N–H and O–H groups in total. The highest BCUT2D eigenvalue weighted by Crippen LogP contribution is 2.09. The van der Waals surface area contributed by atoms with Crippen molar-refractivity contribution < 1.29 is 9.18 Å². The van der Waals surface area contributed by atoms with Crippen molar-refractivity contribution in [1.82, 2.24) is 10.2 Å². The molecule has 4 heteroatoms. The molecule has 0 atom stereocenters. The number of benzene rings is 1. The fourth-order valence-corrected chi connectivity index (χ4v) is 2.53. The lowest BCUT2D eigenvalue weighted by Crippen LogP contribution is -2.34. The predicted molar refractivity (Wildman–Crippen MR) is 83.4 cm³/mol. The second kappa shape index (κ2) is 8.57. The maximum Gasteiger partial charge on any atom is 0.244 e. The van der Waals surface area contributed by atoms with Crippen LogP contribution in [0.15, 0.2) is 30.3 Å². The van der Waals surface area contributed by atoms with E-state index in [9.17, 15) is 9.18 Å². The molecule has 1 heterocycles. The van der Waals surface area contributed by atoms with Gasteiger partial charge in [-0.25, -0.2) is 4.39 Å². The molecular formula is C17H23FN2O. The average molecular weight is 290 g/mol. The molecule has 1 aliphatic rings. The van der Waals surface area contributed by atoms with Crippen molar-refractivity contribution in [2.24, 2.45) is 0 Å². The molecule has 0 radical (unpaired) electrons. The third kappa shape index (κ3) is 5.68. The van der Waals surface area contributed by atoms with Crippen LogP contribution in [-0.4, -0.2) is 37.0 Å². The van der Waals surface area contributed by atoms with Crippen molar-refractivity contribution >= 4 is 12.0 Å². The molecule has 2 rings (SSSR count). The molecule has 0 spiro atoms. The van der Waals surface area contributed by atoms with E-state index in [1.807, 2.05) is 0 Å². The second-order valence-electron chi connectivity index (χ2n) is 5.40. The molecule has 1 amide bonds. The summed E-state index contributed by atoms with van der Waals surface area (Å²) in [4.78, 5) is 14.1. The Kier molecular flexibility index (Phi) is 6.41. The van der Waals surface area contributed by atoms with Gasteiger partial charge < -0.3 is 10.2 Å². The van der Waals surface area contributed by atoms with E-state index in [-0.39, 0.29) is 11.7 Å². The molecule has 21 heavy (non-hydrogen) atoms. The lowest BCUT2D eigenvalue weighted by Gasteiger charge is -2.19. The number of carbonyl (C=O) groups is 1. The topological polar surface area (TPSA) is 32.3 Å². The fourth-order valence-electron chi connectivity index (χ4n) is 2.53. The first-order chi connectivity index (χ1) is 10.3. The minimum Gasteiger partial charge on any atom is -0.351 e. The van der Waals surface area contributed by atoms with E-state index in [4.69, 9.17) is 0 Å². The second-order valence-corrected chi connectivity index (χ2v) is 5.40.